The zero-order valence-electron chi connectivity index (χ0n) is 7.14. The van der Waals surface area contributed by atoms with Crippen molar-refractivity contribution >= 4 is 0 Å². The van der Waals surface area contributed by atoms with Gasteiger partial charge in [0.1, 0.15) is 0 Å². The maximum atomic E-state index is 5.33. The smallest absolute Gasteiger partial charge is 0.0921 e. The molecule has 1 N–H and O–H groups in total. The van der Waals surface area contributed by atoms with E-state index in [2.05, 4.69) is 7.05 Å². The highest BCUT2D eigenvalue weighted by molar-refractivity contribution is 4.60. The molecular formula is C8H17NO2. The molecule has 66 valence electrons. The van der Waals surface area contributed by atoms with E-state index < -0.39 is 0 Å². The highest BCUT2D eigenvalue weighted by Crippen LogP contribution is 2.10. The van der Waals surface area contributed by atoms with Gasteiger partial charge in [-0.1, -0.05) is 0 Å². The summed E-state index contributed by atoms with van der Waals surface area (Å²) in [6.07, 6.45) is 2.43. The van der Waals surface area contributed by atoms with Crippen molar-refractivity contribution in [2.75, 3.05) is 26.9 Å². The van der Waals surface area contributed by atoms with Crippen LogP contribution in [0.25, 0.3) is 0 Å². The quantitative estimate of drug-likeness (QED) is 0.449. The van der Waals surface area contributed by atoms with Gasteiger partial charge < -0.3 is 9.80 Å². The lowest BCUT2D eigenvalue weighted by atomic mass is 10.0. The molecule has 3 heteroatoms. The largest absolute Gasteiger partial charge is 0.381 e. The number of quaternary nitrogens is 1. The minimum Gasteiger partial charge on any atom is -0.381 e. The first kappa shape index (κ1) is 8.97. The highest BCUT2D eigenvalue weighted by Gasteiger charge is 2.16. The number of nitrogens with one attached hydrogen (secondary N) is 1. The van der Waals surface area contributed by atoms with Crippen LogP contribution in [0.4, 0.5) is 0 Å². The highest BCUT2D eigenvalue weighted by atomic mass is 16.7. The van der Waals surface area contributed by atoms with E-state index in [1.807, 2.05) is 0 Å². The fourth-order valence-corrected chi connectivity index (χ4v) is 1.37. The van der Waals surface area contributed by atoms with E-state index in [0.717, 1.165) is 24.8 Å². The molecule has 1 fully saturated rings. The van der Waals surface area contributed by atoms with Gasteiger partial charge in [0.2, 0.25) is 0 Å². The van der Waals surface area contributed by atoms with Crippen molar-refractivity contribution in [1.82, 2.24) is 0 Å². The van der Waals surface area contributed by atoms with Crippen LogP contribution in [0.1, 0.15) is 12.8 Å². The summed E-state index contributed by atoms with van der Waals surface area (Å²) in [5.74, 6) is 0.635. The maximum absolute atomic E-state index is 5.33. The second-order valence-electron chi connectivity index (χ2n) is 3.03. The van der Waals surface area contributed by atoms with Gasteiger partial charge >= 0.3 is 0 Å². The Balaban J connectivity index is 2.13. The lowest BCUT2D eigenvalue weighted by molar-refractivity contribution is -1.05. The Labute approximate surface area is 68.2 Å². The second-order valence-corrected chi connectivity index (χ2v) is 3.03. The van der Waals surface area contributed by atoms with Gasteiger partial charge in [-0.2, -0.15) is 0 Å². The van der Waals surface area contributed by atoms with E-state index >= 15 is 0 Å². The fourth-order valence-electron chi connectivity index (χ4n) is 1.37. The molecule has 1 aliphatic rings. The summed E-state index contributed by atoms with van der Waals surface area (Å²) in [5, 5.41) is 0.875. The molecule has 11 heavy (non-hydrogen) atoms. The fraction of sp³-hybridized carbons (Fsp3) is 0.875. The van der Waals surface area contributed by atoms with Gasteiger partial charge in [0.25, 0.3) is 0 Å². The summed E-state index contributed by atoms with van der Waals surface area (Å²) in [6.45, 7) is 2.76. The van der Waals surface area contributed by atoms with Crippen LogP contribution in [0.2, 0.25) is 0 Å². The van der Waals surface area contributed by atoms with E-state index in [9.17, 15) is 0 Å². The van der Waals surface area contributed by atoms with Crippen LogP contribution < -0.4 is 5.06 Å². The van der Waals surface area contributed by atoms with Gasteiger partial charge in [-0.05, 0) is 12.8 Å². The number of hydrogen-bond acceptors (Lipinski definition) is 2. The molecule has 3 nitrogen and oxygen atoms in total. The average Bonchev–Trinajstić information content (AvgIpc) is 2.06. The second kappa shape index (κ2) is 4.70. The Hall–Kier alpha value is -0.120. The Bertz CT molecular complexity index is 102. The summed E-state index contributed by atoms with van der Waals surface area (Å²) in [7, 11) is 5.46. The average molecular weight is 159 g/mol. The Morgan fingerprint density at radius 2 is 2.55 bits per heavy atom. The van der Waals surface area contributed by atoms with Crippen LogP contribution in [-0.2, 0) is 9.57 Å². The molecule has 1 heterocycles. The SMILES string of the molecule is [CH2-][NH+](CC1CCCOC1)OC. The van der Waals surface area contributed by atoms with Crippen LogP contribution >= 0.6 is 0 Å². The first-order valence-electron chi connectivity index (χ1n) is 4.12. The first-order valence-corrected chi connectivity index (χ1v) is 4.12. The van der Waals surface area contributed by atoms with Gasteiger partial charge in [-0.3, -0.25) is 0 Å². The number of rotatable bonds is 3. The molecule has 0 bridgehead atoms. The summed E-state index contributed by atoms with van der Waals surface area (Å²) >= 11 is 0. The molecule has 1 rings (SSSR count). The minimum atomic E-state index is 0.635. The van der Waals surface area contributed by atoms with Gasteiger partial charge in [-0.15, -0.1) is 7.05 Å². The summed E-state index contributed by atoms with van der Waals surface area (Å²) in [4.78, 5) is 5.00. The van der Waals surface area contributed by atoms with Crippen molar-refractivity contribution < 1.29 is 14.6 Å². The molecule has 0 spiro atoms. The number of hydrogen-bond donors (Lipinski definition) is 1. The summed E-state index contributed by atoms with van der Waals surface area (Å²) in [5.41, 5.74) is 0. The topological polar surface area (TPSA) is 22.9 Å². The molecule has 0 aromatic rings. The van der Waals surface area contributed by atoms with E-state index in [1.165, 1.54) is 12.8 Å². The van der Waals surface area contributed by atoms with Crippen molar-refractivity contribution in [3.05, 3.63) is 7.05 Å². The molecular weight excluding hydrogens is 142 g/mol. The van der Waals surface area contributed by atoms with Gasteiger partial charge in [-0.25, -0.2) is 4.84 Å². The van der Waals surface area contributed by atoms with Crippen molar-refractivity contribution in [1.29, 1.82) is 0 Å². The van der Waals surface area contributed by atoms with Gasteiger partial charge in [0.15, 0.2) is 0 Å². The molecule has 2 atom stereocenters. The first-order chi connectivity index (χ1) is 5.33. The molecule has 0 saturated carbocycles. The molecule has 1 aliphatic heterocycles. The maximum Gasteiger partial charge on any atom is 0.0921 e. The van der Waals surface area contributed by atoms with Crippen LogP contribution in [0.3, 0.4) is 0 Å². The van der Waals surface area contributed by atoms with Crippen molar-refractivity contribution in [3.63, 3.8) is 0 Å². The van der Waals surface area contributed by atoms with E-state index in [1.54, 1.807) is 7.11 Å². The number of hydroxylamine groups is 2. The molecule has 0 amide bonds. The summed E-state index contributed by atoms with van der Waals surface area (Å²) in [6, 6.07) is 0. The predicted octanol–water partition coefficient (Wildman–Crippen LogP) is -0.349. The van der Waals surface area contributed by atoms with Crippen molar-refractivity contribution in [2.24, 2.45) is 5.92 Å². The Morgan fingerprint density at radius 3 is 3.09 bits per heavy atom. The molecule has 0 aromatic heterocycles. The third-order valence-electron chi connectivity index (χ3n) is 2.06. The van der Waals surface area contributed by atoms with Gasteiger partial charge in [0.05, 0.1) is 20.3 Å². The van der Waals surface area contributed by atoms with Gasteiger partial charge in [0, 0.05) is 12.5 Å². The van der Waals surface area contributed by atoms with Crippen molar-refractivity contribution in [3.8, 4) is 0 Å². The van der Waals surface area contributed by atoms with Crippen molar-refractivity contribution in [2.45, 2.75) is 12.8 Å². The summed E-state index contributed by atoms with van der Waals surface area (Å²) < 4.78 is 5.33. The van der Waals surface area contributed by atoms with E-state index in [4.69, 9.17) is 9.57 Å². The zero-order valence-corrected chi connectivity index (χ0v) is 7.14. The van der Waals surface area contributed by atoms with Crippen LogP contribution in [0.15, 0.2) is 0 Å². The molecule has 2 unspecified atom stereocenters. The lowest BCUT2D eigenvalue weighted by Gasteiger charge is -2.25. The standard InChI is InChI=1S/C8H17NO2/c1-9(10-2)6-8-4-3-5-11-7-8/h8-9H,1,3-7H2,2H3. The van der Waals surface area contributed by atoms with Crippen LogP contribution in [-0.4, -0.2) is 26.9 Å². The van der Waals surface area contributed by atoms with E-state index in [0.29, 0.717) is 5.92 Å². The third kappa shape index (κ3) is 3.18. The Kier molecular flexibility index (Phi) is 3.83. The Morgan fingerprint density at radius 1 is 1.73 bits per heavy atom. The molecule has 1 saturated heterocycles. The zero-order chi connectivity index (χ0) is 8.10. The molecule has 0 aliphatic carbocycles. The normalized spacial score (nSPS) is 28.4. The van der Waals surface area contributed by atoms with Crippen LogP contribution in [0.5, 0.6) is 0 Å². The third-order valence-corrected chi connectivity index (χ3v) is 2.06. The predicted molar refractivity (Wildman–Crippen MR) is 41.7 cm³/mol. The van der Waals surface area contributed by atoms with E-state index in [-0.39, 0.29) is 0 Å². The molecule has 0 aromatic carbocycles. The van der Waals surface area contributed by atoms with Crippen LogP contribution in [0, 0.1) is 13.0 Å². The molecule has 0 radical (unpaired) electrons. The lowest BCUT2D eigenvalue weighted by Crippen LogP contribution is -3.06. The minimum absolute atomic E-state index is 0.635. The number of ether oxygens (including phenoxy) is 1. The monoisotopic (exact) mass is 159 g/mol.